The molecule has 0 saturated carbocycles. The summed E-state index contributed by atoms with van der Waals surface area (Å²) in [7, 11) is 0. The van der Waals surface area contributed by atoms with Gasteiger partial charge in [-0.15, -0.1) is 0 Å². The van der Waals surface area contributed by atoms with Crippen molar-refractivity contribution in [1.29, 1.82) is 0 Å². The van der Waals surface area contributed by atoms with E-state index in [-0.39, 0.29) is 12.4 Å². The fraction of sp³-hybridized carbons (Fsp3) is 0.269. The Balaban J connectivity index is 1.27. The van der Waals surface area contributed by atoms with E-state index in [1.165, 1.54) is 24.9 Å². The normalized spacial score (nSPS) is 15.0. The molecule has 1 saturated heterocycles. The largest absolute Gasteiger partial charge is 0.454 e. The van der Waals surface area contributed by atoms with Crippen LogP contribution in [-0.2, 0) is 6.54 Å². The molecule has 34 heavy (non-hydrogen) atoms. The number of nitrogens with zero attached hydrogens (tertiary/aromatic N) is 4. The standard InChI is InChI=1S/C26H25N5O3/c32-24-11-5-19-15-27-26(28-20-6-8-21(9-7-20)30-12-2-1-3-13-30)29-25(19)31(24)16-18-4-10-22-23(14-18)34-17-33-22/h4-11,14-15H,1-3,12-13,16-17H2,(H,27,28,29). The molecule has 172 valence electrons. The highest BCUT2D eigenvalue weighted by molar-refractivity contribution is 5.76. The summed E-state index contributed by atoms with van der Waals surface area (Å²) >= 11 is 0. The highest BCUT2D eigenvalue weighted by Gasteiger charge is 2.15. The van der Waals surface area contributed by atoms with Crippen molar-refractivity contribution < 1.29 is 9.47 Å². The molecule has 2 aromatic carbocycles. The molecule has 4 heterocycles. The van der Waals surface area contributed by atoms with Crippen LogP contribution in [0.4, 0.5) is 17.3 Å². The Morgan fingerprint density at radius 3 is 2.59 bits per heavy atom. The summed E-state index contributed by atoms with van der Waals surface area (Å²) in [5, 5.41) is 4.08. The van der Waals surface area contributed by atoms with E-state index in [0.29, 0.717) is 29.6 Å². The number of aromatic nitrogens is 3. The van der Waals surface area contributed by atoms with Crippen LogP contribution in [0.1, 0.15) is 24.8 Å². The Bertz CT molecular complexity index is 1390. The molecule has 2 aliphatic rings. The van der Waals surface area contributed by atoms with Crippen molar-refractivity contribution in [2.24, 2.45) is 0 Å². The average molecular weight is 456 g/mol. The van der Waals surface area contributed by atoms with Crippen LogP contribution in [0.2, 0.25) is 0 Å². The molecule has 0 unspecified atom stereocenters. The summed E-state index contributed by atoms with van der Waals surface area (Å²) in [4.78, 5) is 24.3. The molecule has 2 aromatic heterocycles. The molecule has 0 atom stereocenters. The first-order valence-electron chi connectivity index (χ1n) is 11.6. The molecule has 8 heteroatoms. The van der Waals surface area contributed by atoms with Gasteiger partial charge in [-0.2, -0.15) is 4.98 Å². The van der Waals surface area contributed by atoms with E-state index in [1.807, 2.05) is 30.3 Å². The number of pyridine rings is 1. The van der Waals surface area contributed by atoms with Gasteiger partial charge in [0.05, 0.1) is 6.54 Å². The minimum Gasteiger partial charge on any atom is -0.454 e. The van der Waals surface area contributed by atoms with Gasteiger partial charge in [0.25, 0.3) is 5.56 Å². The monoisotopic (exact) mass is 455 g/mol. The zero-order chi connectivity index (χ0) is 22.9. The lowest BCUT2D eigenvalue weighted by molar-refractivity contribution is 0.174. The fourth-order valence-corrected chi connectivity index (χ4v) is 4.54. The van der Waals surface area contributed by atoms with E-state index in [4.69, 9.17) is 9.47 Å². The first-order valence-corrected chi connectivity index (χ1v) is 11.6. The second kappa shape index (κ2) is 8.70. The van der Waals surface area contributed by atoms with E-state index in [2.05, 4.69) is 32.3 Å². The van der Waals surface area contributed by atoms with Crippen molar-refractivity contribution >= 4 is 28.4 Å². The molecule has 0 amide bonds. The lowest BCUT2D eigenvalue weighted by Gasteiger charge is -2.28. The minimum absolute atomic E-state index is 0.124. The van der Waals surface area contributed by atoms with Crippen LogP contribution in [0.25, 0.3) is 11.0 Å². The van der Waals surface area contributed by atoms with Gasteiger partial charge in [0, 0.05) is 42.1 Å². The number of hydrogen-bond donors (Lipinski definition) is 1. The van der Waals surface area contributed by atoms with Crippen molar-refractivity contribution in [3.63, 3.8) is 0 Å². The topological polar surface area (TPSA) is 81.5 Å². The first-order chi connectivity index (χ1) is 16.7. The number of piperidine rings is 1. The molecule has 4 aromatic rings. The van der Waals surface area contributed by atoms with Gasteiger partial charge < -0.3 is 19.7 Å². The Hall–Kier alpha value is -4.07. The third kappa shape index (κ3) is 4.03. The molecule has 0 radical (unpaired) electrons. The van der Waals surface area contributed by atoms with Crippen LogP contribution in [-0.4, -0.2) is 34.4 Å². The highest BCUT2D eigenvalue weighted by Crippen LogP contribution is 2.32. The maximum absolute atomic E-state index is 12.8. The Kier molecular flexibility index (Phi) is 5.25. The molecule has 0 spiro atoms. The van der Waals surface area contributed by atoms with Crippen molar-refractivity contribution in [3.05, 3.63) is 76.7 Å². The molecule has 0 aliphatic carbocycles. The van der Waals surface area contributed by atoms with E-state index < -0.39 is 0 Å². The molecular weight excluding hydrogens is 430 g/mol. The van der Waals surface area contributed by atoms with Gasteiger partial charge in [0.15, 0.2) is 11.5 Å². The van der Waals surface area contributed by atoms with E-state index in [9.17, 15) is 4.79 Å². The second-order valence-electron chi connectivity index (χ2n) is 8.64. The predicted octanol–water partition coefficient (Wildman–Crippen LogP) is 4.30. The number of nitrogens with one attached hydrogen (secondary N) is 1. The zero-order valence-corrected chi connectivity index (χ0v) is 18.7. The number of benzene rings is 2. The van der Waals surface area contributed by atoms with Crippen LogP contribution in [0, 0.1) is 0 Å². The Morgan fingerprint density at radius 2 is 1.74 bits per heavy atom. The van der Waals surface area contributed by atoms with Crippen molar-refractivity contribution in [2.75, 3.05) is 30.1 Å². The van der Waals surface area contributed by atoms with Crippen molar-refractivity contribution in [3.8, 4) is 11.5 Å². The number of hydrogen-bond acceptors (Lipinski definition) is 7. The number of rotatable bonds is 5. The van der Waals surface area contributed by atoms with Crippen molar-refractivity contribution in [1.82, 2.24) is 14.5 Å². The molecule has 6 rings (SSSR count). The maximum atomic E-state index is 12.8. The molecule has 0 bridgehead atoms. The number of ether oxygens (including phenoxy) is 2. The highest BCUT2D eigenvalue weighted by atomic mass is 16.7. The summed E-state index contributed by atoms with van der Waals surface area (Å²) in [5.74, 6) is 1.85. The summed E-state index contributed by atoms with van der Waals surface area (Å²) < 4.78 is 12.5. The molecule has 8 nitrogen and oxygen atoms in total. The van der Waals surface area contributed by atoms with Gasteiger partial charge >= 0.3 is 0 Å². The van der Waals surface area contributed by atoms with E-state index in [1.54, 1.807) is 22.9 Å². The average Bonchev–Trinajstić information content (AvgIpc) is 3.35. The van der Waals surface area contributed by atoms with Gasteiger partial charge in [-0.25, -0.2) is 4.98 Å². The SMILES string of the molecule is O=c1ccc2cnc(Nc3ccc(N4CCCCC4)cc3)nc2n1Cc1ccc2c(c1)OCO2. The van der Waals surface area contributed by atoms with Gasteiger partial charge in [0.1, 0.15) is 5.65 Å². The summed E-state index contributed by atoms with van der Waals surface area (Å²) in [6.07, 6.45) is 5.55. The Labute approximate surface area is 196 Å². The predicted molar refractivity (Wildman–Crippen MR) is 131 cm³/mol. The van der Waals surface area contributed by atoms with Crippen LogP contribution in [0.3, 0.4) is 0 Å². The van der Waals surface area contributed by atoms with E-state index >= 15 is 0 Å². The summed E-state index contributed by atoms with van der Waals surface area (Å²) in [6, 6.07) is 17.3. The van der Waals surface area contributed by atoms with Gasteiger partial charge in [-0.1, -0.05) is 6.07 Å². The van der Waals surface area contributed by atoms with Crippen LogP contribution in [0.5, 0.6) is 11.5 Å². The van der Waals surface area contributed by atoms with Crippen molar-refractivity contribution in [2.45, 2.75) is 25.8 Å². The maximum Gasteiger partial charge on any atom is 0.252 e. The summed E-state index contributed by atoms with van der Waals surface area (Å²) in [6.45, 7) is 2.81. The third-order valence-corrected chi connectivity index (χ3v) is 6.35. The van der Waals surface area contributed by atoms with Crippen LogP contribution < -0.4 is 25.2 Å². The van der Waals surface area contributed by atoms with E-state index in [0.717, 1.165) is 29.7 Å². The fourth-order valence-electron chi connectivity index (χ4n) is 4.54. The van der Waals surface area contributed by atoms with Crippen LogP contribution in [0.15, 0.2) is 65.6 Å². The second-order valence-corrected chi connectivity index (χ2v) is 8.64. The molecular formula is C26H25N5O3. The zero-order valence-electron chi connectivity index (χ0n) is 18.7. The number of fused-ring (bicyclic) bond motifs is 2. The quantitative estimate of drug-likeness (QED) is 0.480. The third-order valence-electron chi connectivity index (χ3n) is 6.35. The Morgan fingerprint density at radius 1 is 0.912 bits per heavy atom. The first kappa shape index (κ1) is 20.5. The molecule has 1 N–H and O–H groups in total. The van der Waals surface area contributed by atoms with Gasteiger partial charge in [0.2, 0.25) is 12.7 Å². The van der Waals surface area contributed by atoms with Gasteiger partial charge in [-0.3, -0.25) is 9.36 Å². The van der Waals surface area contributed by atoms with Gasteiger partial charge in [-0.05, 0) is 67.3 Å². The summed E-state index contributed by atoms with van der Waals surface area (Å²) in [5.41, 5.74) is 3.52. The smallest absolute Gasteiger partial charge is 0.252 e. The number of anilines is 3. The molecule has 2 aliphatic heterocycles. The minimum atomic E-state index is -0.124. The lowest BCUT2D eigenvalue weighted by atomic mass is 10.1. The van der Waals surface area contributed by atoms with Crippen LogP contribution >= 0.6 is 0 Å². The molecule has 1 fully saturated rings. The lowest BCUT2D eigenvalue weighted by Crippen LogP contribution is -2.29.